The van der Waals surface area contributed by atoms with E-state index in [-0.39, 0.29) is 60.5 Å². The predicted octanol–water partition coefficient (Wildman–Crippen LogP) is 0.177. The van der Waals surface area contributed by atoms with Crippen molar-refractivity contribution in [1.29, 1.82) is 0 Å². The number of amides is 3. The van der Waals surface area contributed by atoms with Gasteiger partial charge in [-0.05, 0) is 113 Å². The van der Waals surface area contributed by atoms with Gasteiger partial charge in [0.15, 0.2) is 0 Å². The minimum Gasteiger partial charge on any atom is -0.356 e. The smallest absolute Gasteiger partial charge is 0.222 e. The zero-order valence-electron chi connectivity index (χ0n) is 27.3. The molecular formula is C30H62N8O4. The zero-order valence-corrected chi connectivity index (χ0v) is 27.3. The predicted molar refractivity (Wildman–Crippen MR) is 170 cm³/mol. The molecule has 246 valence electrons. The molecule has 0 aliphatic heterocycles. The molecule has 12 heteroatoms. The topological polar surface area (TPSA) is 165 Å². The Balaban J connectivity index is 4.86. The zero-order chi connectivity index (χ0) is 31.6. The highest BCUT2D eigenvalue weighted by molar-refractivity contribution is 5.81. The Morgan fingerprint density at radius 2 is 0.833 bits per heavy atom. The van der Waals surface area contributed by atoms with Gasteiger partial charge in [0.1, 0.15) is 5.78 Å². The van der Waals surface area contributed by atoms with Crippen LogP contribution in [0, 0.1) is 0 Å². The molecule has 0 fully saturated rings. The summed E-state index contributed by atoms with van der Waals surface area (Å²) in [6.45, 7) is 4.61. The Hall–Kier alpha value is -2.12. The van der Waals surface area contributed by atoms with Gasteiger partial charge < -0.3 is 42.5 Å². The SMILES string of the molecule is CNCCCC(CC(=O)NCCCC(CC(C)=O)NC(=O)CC(CCCNC)NC(=O)CC(CCCNC)NC)NC. The maximum atomic E-state index is 13.0. The molecule has 8 N–H and O–H groups in total. The summed E-state index contributed by atoms with van der Waals surface area (Å²) in [5.41, 5.74) is 0. The maximum Gasteiger partial charge on any atom is 0.222 e. The lowest BCUT2D eigenvalue weighted by atomic mass is 10.0. The van der Waals surface area contributed by atoms with Crippen molar-refractivity contribution in [3.8, 4) is 0 Å². The first-order valence-corrected chi connectivity index (χ1v) is 15.8. The fourth-order valence-electron chi connectivity index (χ4n) is 4.96. The summed E-state index contributed by atoms with van der Waals surface area (Å²) in [4.78, 5) is 50.1. The van der Waals surface area contributed by atoms with E-state index in [1.165, 1.54) is 6.92 Å². The number of hydrogen-bond donors (Lipinski definition) is 8. The van der Waals surface area contributed by atoms with Crippen LogP contribution in [0.2, 0.25) is 0 Å². The average Bonchev–Trinajstić information content (AvgIpc) is 2.94. The van der Waals surface area contributed by atoms with Crippen LogP contribution in [0.15, 0.2) is 0 Å². The third-order valence-electron chi connectivity index (χ3n) is 7.37. The van der Waals surface area contributed by atoms with Crippen molar-refractivity contribution in [2.24, 2.45) is 0 Å². The van der Waals surface area contributed by atoms with Gasteiger partial charge >= 0.3 is 0 Å². The van der Waals surface area contributed by atoms with E-state index in [1.807, 2.05) is 35.2 Å². The van der Waals surface area contributed by atoms with Crippen LogP contribution in [0.1, 0.15) is 84.0 Å². The molecule has 4 atom stereocenters. The summed E-state index contributed by atoms with van der Waals surface area (Å²) in [5.74, 6) is -0.260. The highest BCUT2D eigenvalue weighted by atomic mass is 16.2. The molecule has 0 heterocycles. The van der Waals surface area contributed by atoms with Crippen LogP contribution in [0.5, 0.6) is 0 Å². The molecule has 4 unspecified atom stereocenters. The largest absolute Gasteiger partial charge is 0.356 e. The Bertz CT molecular complexity index is 740. The summed E-state index contributed by atoms with van der Waals surface area (Å²) in [7, 11) is 9.44. The van der Waals surface area contributed by atoms with E-state index in [4.69, 9.17) is 0 Å². The first-order valence-electron chi connectivity index (χ1n) is 15.8. The lowest BCUT2D eigenvalue weighted by Gasteiger charge is -2.23. The van der Waals surface area contributed by atoms with Gasteiger partial charge in [0.25, 0.3) is 0 Å². The third kappa shape index (κ3) is 22.5. The van der Waals surface area contributed by atoms with Crippen molar-refractivity contribution in [3.63, 3.8) is 0 Å². The van der Waals surface area contributed by atoms with Crippen molar-refractivity contribution in [2.75, 3.05) is 61.4 Å². The second-order valence-corrected chi connectivity index (χ2v) is 11.2. The molecule has 0 aromatic rings. The van der Waals surface area contributed by atoms with Crippen LogP contribution in [0.4, 0.5) is 0 Å². The van der Waals surface area contributed by atoms with Crippen LogP contribution in [-0.4, -0.2) is 109 Å². The number of rotatable bonds is 28. The molecular weight excluding hydrogens is 536 g/mol. The van der Waals surface area contributed by atoms with Gasteiger partial charge in [-0.15, -0.1) is 0 Å². The molecule has 0 radical (unpaired) electrons. The molecule has 0 aliphatic rings. The lowest BCUT2D eigenvalue weighted by molar-refractivity contribution is -0.125. The fourth-order valence-corrected chi connectivity index (χ4v) is 4.96. The van der Waals surface area contributed by atoms with Gasteiger partial charge in [-0.1, -0.05) is 0 Å². The molecule has 0 aromatic heterocycles. The van der Waals surface area contributed by atoms with Gasteiger partial charge in [-0.25, -0.2) is 0 Å². The average molecular weight is 599 g/mol. The number of ketones is 1. The summed E-state index contributed by atoms with van der Waals surface area (Å²) in [6, 6.07) is -0.389. The van der Waals surface area contributed by atoms with Crippen LogP contribution in [0.25, 0.3) is 0 Å². The molecule has 0 bridgehead atoms. The summed E-state index contributed by atoms with van der Waals surface area (Å²) < 4.78 is 0. The van der Waals surface area contributed by atoms with Crippen molar-refractivity contribution < 1.29 is 19.2 Å². The van der Waals surface area contributed by atoms with E-state index in [1.54, 1.807) is 0 Å². The highest BCUT2D eigenvalue weighted by Crippen LogP contribution is 2.09. The summed E-state index contributed by atoms with van der Waals surface area (Å²) >= 11 is 0. The molecule has 12 nitrogen and oxygen atoms in total. The Morgan fingerprint density at radius 3 is 1.24 bits per heavy atom. The molecule has 0 rings (SSSR count). The Kier molecular flexibility index (Phi) is 25.2. The Labute approximate surface area is 254 Å². The fraction of sp³-hybridized carbons (Fsp3) is 0.867. The molecule has 0 aliphatic carbocycles. The van der Waals surface area contributed by atoms with E-state index in [2.05, 4.69) is 42.5 Å². The summed E-state index contributed by atoms with van der Waals surface area (Å²) in [6.07, 6.45) is 7.66. The van der Waals surface area contributed by atoms with E-state index in [0.717, 1.165) is 51.7 Å². The van der Waals surface area contributed by atoms with Crippen molar-refractivity contribution in [2.45, 2.75) is 108 Å². The monoisotopic (exact) mass is 598 g/mol. The number of carbonyl (C=O) groups excluding carboxylic acids is 4. The van der Waals surface area contributed by atoms with Crippen LogP contribution in [0.3, 0.4) is 0 Å². The normalized spacial score (nSPS) is 14.0. The van der Waals surface area contributed by atoms with Crippen LogP contribution >= 0.6 is 0 Å². The van der Waals surface area contributed by atoms with E-state index < -0.39 is 0 Å². The van der Waals surface area contributed by atoms with Crippen LogP contribution in [-0.2, 0) is 19.2 Å². The van der Waals surface area contributed by atoms with Gasteiger partial charge in [-0.3, -0.25) is 19.2 Å². The van der Waals surface area contributed by atoms with Crippen molar-refractivity contribution in [1.82, 2.24) is 42.5 Å². The van der Waals surface area contributed by atoms with Crippen LogP contribution < -0.4 is 42.5 Å². The quantitative estimate of drug-likeness (QED) is 0.0587. The van der Waals surface area contributed by atoms with E-state index >= 15 is 0 Å². The maximum absolute atomic E-state index is 13.0. The first-order chi connectivity index (χ1) is 20.2. The molecule has 3 amide bonds. The number of nitrogens with one attached hydrogen (secondary N) is 8. The summed E-state index contributed by atoms with van der Waals surface area (Å²) in [5, 5.41) is 24.8. The Morgan fingerprint density at radius 1 is 0.476 bits per heavy atom. The van der Waals surface area contributed by atoms with Gasteiger partial charge in [0, 0.05) is 56.4 Å². The number of hydrogen-bond acceptors (Lipinski definition) is 9. The lowest BCUT2D eigenvalue weighted by Crippen LogP contribution is -2.44. The minimum absolute atomic E-state index is 0.00183. The van der Waals surface area contributed by atoms with Gasteiger partial charge in [0.2, 0.25) is 17.7 Å². The molecule has 42 heavy (non-hydrogen) atoms. The van der Waals surface area contributed by atoms with E-state index in [0.29, 0.717) is 38.6 Å². The number of carbonyl (C=O) groups is 4. The second-order valence-electron chi connectivity index (χ2n) is 11.2. The molecule has 0 saturated carbocycles. The molecule has 0 saturated heterocycles. The van der Waals surface area contributed by atoms with Gasteiger partial charge in [0.05, 0.1) is 0 Å². The van der Waals surface area contributed by atoms with Crippen molar-refractivity contribution in [3.05, 3.63) is 0 Å². The molecule has 0 aromatic carbocycles. The highest BCUT2D eigenvalue weighted by Gasteiger charge is 2.21. The molecule has 0 spiro atoms. The minimum atomic E-state index is -0.312. The second kappa shape index (κ2) is 26.5. The third-order valence-corrected chi connectivity index (χ3v) is 7.37. The first kappa shape index (κ1) is 39.9. The standard InChI is InChI=1S/C30H62N8O4/c1-23(39)19-26(14-10-18-36-28(40)20-24(34-5)11-7-15-31-2)37-30(42)22-27(13-9-17-33-4)38-29(41)21-25(35-6)12-8-16-32-3/h24-27,31-35H,7-22H2,1-6H3,(H,36,40)(H,37,42)(H,38,41). The van der Waals surface area contributed by atoms with Gasteiger partial charge in [-0.2, -0.15) is 0 Å². The van der Waals surface area contributed by atoms with E-state index in [9.17, 15) is 19.2 Å². The number of Topliss-reactive ketones (excluding diaryl/α,β-unsaturated/α-hetero) is 1. The van der Waals surface area contributed by atoms with Crippen molar-refractivity contribution >= 4 is 23.5 Å².